The number of pyridine rings is 1. The lowest BCUT2D eigenvalue weighted by Crippen LogP contribution is -2.33. The number of carbonyl (C=O) groups is 1. The minimum atomic E-state index is -3.70. The van der Waals surface area contributed by atoms with Crippen LogP contribution in [0.15, 0.2) is 42.7 Å². The van der Waals surface area contributed by atoms with Gasteiger partial charge in [-0.05, 0) is 51.1 Å². The van der Waals surface area contributed by atoms with Crippen molar-refractivity contribution in [3.8, 4) is 0 Å². The van der Waals surface area contributed by atoms with Gasteiger partial charge in [-0.25, -0.2) is 26.1 Å². The van der Waals surface area contributed by atoms with Gasteiger partial charge in [0.25, 0.3) is 0 Å². The summed E-state index contributed by atoms with van der Waals surface area (Å²) in [5.41, 5.74) is 1.01. The summed E-state index contributed by atoms with van der Waals surface area (Å²) in [5.74, 6) is -2.52. The Hall–Kier alpha value is -2.88. The molecule has 3 heterocycles. The van der Waals surface area contributed by atoms with Crippen molar-refractivity contribution in [2.45, 2.75) is 44.2 Å². The van der Waals surface area contributed by atoms with Crippen LogP contribution in [-0.4, -0.2) is 47.0 Å². The van der Waals surface area contributed by atoms with Gasteiger partial charge in [-0.3, -0.25) is 4.79 Å². The average molecular weight is 480 g/mol. The Morgan fingerprint density at radius 1 is 1.18 bits per heavy atom. The Labute approximate surface area is 189 Å². The lowest BCUT2D eigenvalue weighted by atomic mass is 10.0. The second-order valence-corrected chi connectivity index (χ2v) is 12.0. The minimum Gasteiger partial charge on any atom is -0.361 e. The normalized spacial score (nSPS) is 19.4. The zero-order chi connectivity index (χ0) is 24.1. The van der Waals surface area contributed by atoms with Gasteiger partial charge < -0.3 is 4.90 Å². The molecule has 33 heavy (non-hydrogen) atoms. The van der Waals surface area contributed by atoms with Gasteiger partial charge >= 0.3 is 0 Å². The first kappa shape index (κ1) is 23.3. The summed E-state index contributed by atoms with van der Waals surface area (Å²) in [7, 11) is -3.70. The van der Waals surface area contributed by atoms with Crippen molar-refractivity contribution in [3.63, 3.8) is 0 Å². The Balaban J connectivity index is 1.72. The van der Waals surface area contributed by atoms with Crippen LogP contribution < -0.4 is 4.90 Å². The van der Waals surface area contributed by atoms with Crippen molar-refractivity contribution in [2.24, 2.45) is 0 Å². The number of ketones is 1. The SMILES string of the molecule is CC(C)(C)S(=O)(=O)CC(=O)c1cnn2ccc(N3C[C@H](F)C[C@@H]3c3cc(F)ccc3F)cc12. The highest BCUT2D eigenvalue weighted by molar-refractivity contribution is 7.93. The molecule has 1 aromatic carbocycles. The van der Waals surface area contributed by atoms with E-state index in [4.69, 9.17) is 0 Å². The highest BCUT2D eigenvalue weighted by Crippen LogP contribution is 2.39. The standard InChI is InChI=1S/C23H24F3N3O3S/c1-23(2,3)33(31,32)13-22(30)18-11-27-29-7-6-16(10-21(18)29)28-12-15(25)9-20(28)17-8-14(24)4-5-19(17)26/h4-8,10-11,15,20H,9,12-13H2,1-3H3/t15-,20-/m1/s1. The second kappa shape index (κ2) is 8.16. The molecule has 2 aromatic heterocycles. The maximum Gasteiger partial charge on any atom is 0.181 e. The summed E-state index contributed by atoms with van der Waals surface area (Å²) >= 11 is 0. The van der Waals surface area contributed by atoms with Gasteiger partial charge in [0.05, 0.1) is 28.1 Å². The summed E-state index contributed by atoms with van der Waals surface area (Å²) in [4.78, 5) is 14.5. The molecule has 6 nitrogen and oxygen atoms in total. The predicted octanol–water partition coefficient (Wildman–Crippen LogP) is 4.30. The molecule has 0 bridgehead atoms. The highest BCUT2D eigenvalue weighted by Gasteiger charge is 2.36. The molecule has 0 saturated carbocycles. The Morgan fingerprint density at radius 2 is 1.91 bits per heavy atom. The fourth-order valence-electron chi connectivity index (χ4n) is 3.96. The lowest BCUT2D eigenvalue weighted by molar-refractivity contribution is 0.102. The molecular formula is C23H24F3N3O3S. The minimum absolute atomic E-state index is 0.0135. The van der Waals surface area contributed by atoms with E-state index in [1.54, 1.807) is 23.2 Å². The van der Waals surface area contributed by atoms with E-state index in [9.17, 15) is 26.4 Å². The topological polar surface area (TPSA) is 71.7 Å². The monoisotopic (exact) mass is 479 g/mol. The first-order valence-electron chi connectivity index (χ1n) is 10.5. The number of hydrogen-bond acceptors (Lipinski definition) is 5. The van der Waals surface area contributed by atoms with Crippen molar-refractivity contribution in [3.05, 3.63) is 65.5 Å². The molecule has 0 spiro atoms. The number of nitrogens with zero attached hydrogens (tertiary/aromatic N) is 3. The number of halogens is 3. The van der Waals surface area contributed by atoms with Crippen LogP contribution in [-0.2, 0) is 9.84 Å². The van der Waals surface area contributed by atoms with Crippen molar-refractivity contribution < 1.29 is 26.4 Å². The number of Topliss-reactive ketones (excluding diaryl/α,β-unsaturated/α-hetero) is 1. The fraction of sp³-hybridized carbons (Fsp3) is 0.391. The zero-order valence-electron chi connectivity index (χ0n) is 18.4. The van der Waals surface area contributed by atoms with Crippen molar-refractivity contribution >= 4 is 26.8 Å². The van der Waals surface area contributed by atoms with Gasteiger partial charge in [-0.1, -0.05) is 0 Å². The number of anilines is 1. The van der Waals surface area contributed by atoms with Gasteiger partial charge in [0.2, 0.25) is 0 Å². The lowest BCUT2D eigenvalue weighted by Gasteiger charge is -2.27. The number of sulfone groups is 1. The van der Waals surface area contributed by atoms with Gasteiger partial charge in [0.15, 0.2) is 15.6 Å². The average Bonchev–Trinajstić information content (AvgIpc) is 3.31. The number of fused-ring (bicyclic) bond motifs is 1. The van der Waals surface area contributed by atoms with Crippen LogP contribution in [0.1, 0.15) is 49.2 Å². The van der Waals surface area contributed by atoms with Gasteiger partial charge in [0, 0.05) is 30.4 Å². The fourth-order valence-corrected chi connectivity index (χ4v) is 4.90. The van der Waals surface area contributed by atoms with Crippen LogP contribution in [0.2, 0.25) is 0 Å². The number of rotatable bonds is 5. The predicted molar refractivity (Wildman–Crippen MR) is 119 cm³/mol. The first-order valence-corrected chi connectivity index (χ1v) is 12.1. The van der Waals surface area contributed by atoms with E-state index in [0.717, 1.165) is 18.2 Å². The summed E-state index contributed by atoms with van der Waals surface area (Å²) < 4.78 is 67.9. The quantitative estimate of drug-likeness (QED) is 0.511. The third kappa shape index (κ3) is 4.36. The van der Waals surface area contributed by atoms with Gasteiger partial charge in [0.1, 0.15) is 23.6 Å². The molecule has 176 valence electrons. The Kier molecular flexibility index (Phi) is 5.76. The van der Waals surface area contributed by atoms with E-state index in [1.807, 2.05) is 0 Å². The third-order valence-electron chi connectivity index (χ3n) is 5.96. The third-order valence-corrected chi connectivity index (χ3v) is 8.47. The molecule has 0 amide bonds. The van der Waals surface area contributed by atoms with Gasteiger partial charge in [-0.15, -0.1) is 0 Å². The maximum absolute atomic E-state index is 14.4. The van der Waals surface area contributed by atoms with Gasteiger partial charge in [-0.2, -0.15) is 5.10 Å². The number of benzene rings is 1. The molecule has 0 aliphatic carbocycles. The number of carbonyl (C=O) groups excluding carboxylic acids is 1. The summed E-state index contributed by atoms with van der Waals surface area (Å²) in [5, 5.41) is 4.12. The smallest absolute Gasteiger partial charge is 0.181 e. The number of alkyl halides is 1. The molecule has 1 aliphatic rings. The highest BCUT2D eigenvalue weighted by atomic mass is 32.2. The second-order valence-electron chi connectivity index (χ2n) is 9.23. The van der Waals surface area contributed by atoms with E-state index >= 15 is 0 Å². The Bertz CT molecular complexity index is 1330. The summed E-state index contributed by atoms with van der Waals surface area (Å²) in [6.07, 6.45) is 1.59. The van der Waals surface area contributed by atoms with Crippen molar-refractivity contribution in [1.82, 2.24) is 9.61 Å². The summed E-state index contributed by atoms with van der Waals surface area (Å²) in [6.45, 7) is 4.54. The molecule has 0 N–H and O–H groups in total. The molecule has 4 rings (SSSR count). The van der Waals surface area contributed by atoms with E-state index in [0.29, 0.717) is 11.2 Å². The molecule has 10 heteroatoms. The molecular weight excluding hydrogens is 455 g/mol. The molecule has 0 unspecified atom stereocenters. The van der Waals surface area contributed by atoms with E-state index in [-0.39, 0.29) is 24.1 Å². The largest absolute Gasteiger partial charge is 0.361 e. The molecule has 1 saturated heterocycles. The molecule has 1 aliphatic heterocycles. The number of aromatic nitrogens is 2. The molecule has 2 atom stereocenters. The summed E-state index contributed by atoms with van der Waals surface area (Å²) in [6, 6.07) is 5.58. The molecule has 0 radical (unpaired) electrons. The van der Waals surface area contributed by atoms with Crippen LogP contribution in [0.5, 0.6) is 0 Å². The van der Waals surface area contributed by atoms with E-state index in [1.165, 1.54) is 31.5 Å². The molecule has 3 aromatic rings. The van der Waals surface area contributed by atoms with Crippen molar-refractivity contribution in [1.29, 1.82) is 0 Å². The van der Waals surface area contributed by atoms with Crippen LogP contribution in [0.4, 0.5) is 18.9 Å². The molecule has 1 fully saturated rings. The van der Waals surface area contributed by atoms with Crippen LogP contribution in [0.25, 0.3) is 5.52 Å². The van der Waals surface area contributed by atoms with E-state index < -0.39 is 50.0 Å². The first-order chi connectivity index (χ1) is 15.4. The van der Waals surface area contributed by atoms with Crippen LogP contribution in [0, 0.1) is 11.6 Å². The van der Waals surface area contributed by atoms with Crippen LogP contribution in [0.3, 0.4) is 0 Å². The maximum atomic E-state index is 14.4. The van der Waals surface area contributed by atoms with Crippen LogP contribution >= 0.6 is 0 Å². The zero-order valence-corrected chi connectivity index (χ0v) is 19.2. The Morgan fingerprint density at radius 3 is 2.61 bits per heavy atom. The van der Waals surface area contributed by atoms with Crippen molar-refractivity contribution in [2.75, 3.05) is 17.2 Å². The number of hydrogen-bond donors (Lipinski definition) is 0. The van der Waals surface area contributed by atoms with E-state index in [2.05, 4.69) is 5.10 Å².